The van der Waals surface area contributed by atoms with E-state index in [2.05, 4.69) is 5.32 Å². The third-order valence-electron chi connectivity index (χ3n) is 4.06. The molecule has 0 saturated carbocycles. The molecule has 1 aliphatic heterocycles. The van der Waals surface area contributed by atoms with Crippen LogP contribution in [0.2, 0.25) is 0 Å². The summed E-state index contributed by atoms with van der Waals surface area (Å²) in [7, 11) is 0. The van der Waals surface area contributed by atoms with Crippen molar-refractivity contribution in [2.75, 3.05) is 26.3 Å². The molecule has 1 fully saturated rings. The molecule has 3 rings (SSSR count). The highest BCUT2D eigenvalue weighted by molar-refractivity contribution is 5.41. The average Bonchev–Trinajstić information content (AvgIpc) is 2.67. The minimum Gasteiger partial charge on any atom is -0.490 e. The minimum atomic E-state index is -0.432. The van der Waals surface area contributed by atoms with E-state index in [9.17, 15) is 4.39 Å². The summed E-state index contributed by atoms with van der Waals surface area (Å²) in [5.41, 5.74) is 0.945. The van der Waals surface area contributed by atoms with Crippen LogP contribution >= 0.6 is 0 Å². The summed E-state index contributed by atoms with van der Waals surface area (Å²) in [6.07, 6.45) is 0.220. The van der Waals surface area contributed by atoms with E-state index in [1.807, 2.05) is 37.3 Å². The van der Waals surface area contributed by atoms with Crippen molar-refractivity contribution in [3.05, 3.63) is 59.9 Å². The minimum absolute atomic E-state index is 0.138. The molecule has 1 heterocycles. The second kappa shape index (κ2) is 8.83. The Kier molecular flexibility index (Phi) is 6.25. The van der Waals surface area contributed by atoms with E-state index in [1.165, 1.54) is 6.07 Å². The topological polar surface area (TPSA) is 39.7 Å². The number of hydrogen-bond acceptors (Lipinski definition) is 4. The van der Waals surface area contributed by atoms with Crippen molar-refractivity contribution in [2.24, 2.45) is 0 Å². The van der Waals surface area contributed by atoms with Crippen LogP contribution in [0.5, 0.6) is 11.5 Å². The monoisotopic (exact) mass is 345 g/mol. The highest BCUT2D eigenvalue weighted by atomic mass is 19.1. The van der Waals surface area contributed by atoms with Crippen LogP contribution in [0, 0.1) is 5.82 Å². The SMILES string of the molecule is CCCOc1cccc(F)c1OC(c1ccccc1)[C@@H]1CNCCO1. The van der Waals surface area contributed by atoms with Crippen LogP contribution < -0.4 is 14.8 Å². The number of nitrogens with one attached hydrogen (secondary N) is 1. The summed E-state index contributed by atoms with van der Waals surface area (Å²) in [5.74, 6) is 0.129. The average molecular weight is 345 g/mol. The summed E-state index contributed by atoms with van der Waals surface area (Å²) >= 11 is 0. The second-order valence-corrected chi connectivity index (χ2v) is 5.98. The molecule has 1 aliphatic rings. The first-order chi connectivity index (χ1) is 12.3. The molecule has 2 aromatic carbocycles. The molecule has 5 heteroatoms. The number of ether oxygens (including phenoxy) is 3. The van der Waals surface area contributed by atoms with Gasteiger partial charge in [0.2, 0.25) is 0 Å². The molecule has 2 atom stereocenters. The number of para-hydroxylation sites is 1. The van der Waals surface area contributed by atoms with Crippen molar-refractivity contribution in [2.45, 2.75) is 25.6 Å². The quantitative estimate of drug-likeness (QED) is 0.830. The zero-order chi connectivity index (χ0) is 17.5. The van der Waals surface area contributed by atoms with E-state index in [-0.39, 0.29) is 11.9 Å². The van der Waals surface area contributed by atoms with E-state index in [4.69, 9.17) is 14.2 Å². The lowest BCUT2D eigenvalue weighted by molar-refractivity contribution is -0.0450. The first kappa shape index (κ1) is 17.7. The predicted molar refractivity (Wildman–Crippen MR) is 94.6 cm³/mol. The Morgan fingerprint density at radius 3 is 2.76 bits per heavy atom. The molecular formula is C20H24FNO3. The van der Waals surface area contributed by atoms with E-state index in [0.717, 1.165) is 18.5 Å². The van der Waals surface area contributed by atoms with Crippen molar-refractivity contribution in [1.82, 2.24) is 5.32 Å². The van der Waals surface area contributed by atoms with Gasteiger partial charge in [-0.2, -0.15) is 0 Å². The van der Waals surface area contributed by atoms with Gasteiger partial charge in [-0.3, -0.25) is 0 Å². The lowest BCUT2D eigenvalue weighted by Crippen LogP contribution is -2.43. The molecule has 134 valence electrons. The zero-order valence-corrected chi connectivity index (χ0v) is 14.4. The maximum absolute atomic E-state index is 14.5. The Hall–Kier alpha value is -2.11. The summed E-state index contributed by atoms with van der Waals surface area (Å²) in [5, 5.41) is 3.30. The van der Waals surface area contributed by atoms with E-state index >= 15 is 0 Å². The molecule has 0 aliphatic carbocycles. The summed E-state index contributed by atoms with van der Waals surface area (Å²) in [6.45, 7) is 4.58. The molecule has 1 N–H and O–H groups in total. The molecule has 0 radical (unpaired) electrons. The molecule has 0 spiro atoms. The fourth-order valence-corrected chi connectivity index (χ4v) is 2.84. The van der Waals surface area contributed by atoms with Crippen LogP contribution in [0.3, 0.4) is 0 Å². The van der Waals surface area contributed by atoms with Gasteiger partial charge in [-0.1, -0.05) is 43.3 Å². The normalized spacial score (nSPS) is 18.6. The predicted octanol–water partition coefficient (Wildman–Crippen LogP) is 3.72. The van der Waals surface area contributed by atoms with Gasteiger partial charge in [0.15, 0.2) is 23.4 Å². The molecular weight excluding hydrogens is 321 g/mol. The van der Waals surface area contributed by atoms with Crippen LogP contribution in [-0.4, -0.2) is 32.4 Å². The third-order valence-corrected chi connectivity index (χ3v) is 4.06. The lowest BCUT2D eigenvalue weighted by Gasteiger charge is -2.32. The fraction of sp³-hybridized carbons (Fsp3) is 0.400. The van der Waals surface area contributed by atoms with Crippen molar-refractivity contribution in [3.63, 3.8) is 0 Å². The maximum atomic E-state index is 14.5. The lowest BCUT2D eigenvalue weighted by atomic mass is 10.0. The molecule has 1 saturated heterocycles. The Morgan fingerprint density at radius 1 is 1.20 bits per heavy atom. The van der Waals surface area contributed by atoms with Gasteiger partial charge in [0.05, 0.1) is 13.2 Å². The standard InChI is InChI=1S/C20H24FNO3/c1-2-12-23-17-10-6-9-16(21)20(17)25-19(15-7-4-3-5-8-15)18-14-22-11-13-24-18/h3-10,18-19,22H,2,11-14H2,1H3/t18-,19?/m0/s1. The van der Waals surface area contributed by atoms with Gasteiger partial charge in [-0.05, 0) is 24.1 Å². The van der Waals surface area contributed by atoms with E-state index < -0.39 is 11.9 Å². The molecule has 4 nitrogen and oxygen atoms in total. The van der Waals surface area contributed by atoms with Gasteiger partial charge < -0.3 is 19.5 Å². The largest absolute Gasteiger partial charge is 0.490 e. The van der Waals surface area contributed by atoms with Gasteiger partial charge in [-0.25, -0.2) is 4.39 Å². The van der Waals surface area contributed by atoms with Gasteiger partial charge in [0.1, 0.15) is 6.10 Å². The highest BCUT2D eigenvalue weighted by Gasteiger charge is 2.29. The molecule has 0 aromatic heterocycles. The van der Waals surface area contributed by atoms with Crippen LogP contribution in [0.4, 0.5) is 4.39 Å². The Bertz CT molecular complexity index is 659. The smallest absolute Gasteiger partial charge is 0.197 e. The van der Waals surface area contributed by atoms with Crippen molar-refractivity contribution in [3.8, 4) is 11.5 Å². The molecule has 0 amide bonds. The van der Waals surface area contributed by atoms with Crippen molar-refractivity contribution in [1.29, 1.82) is 0 Å². The number of hydrogen-bond donors (Lipinski definition) is 1. The molecule has 25 heavy (non-hydrogen) atoms. The van der Waals surface area contributed by atoms with Crippen molar-refractivity contribution < 1.29 is 18.6 Å². The Labute approximate surface area is 147 Å². The summed E-state index contributed by atoms with van der Waals surface area (Å²) in [6, 6.07) is 14.5. The molecule has 1 unspecified atom stereocenters. The Morgan fingerprint density at radius 2 is 2.04 bits per heavy atom. The summed E-state index contributed by atoms with van der Waals surface area (Å²) in [4.78, 5) is 0. The fourth-order valence-electron chi connectivity index (χ4n) is 2.84. The maximum Gasteiger partial charge on any atom is 0.197 e. The Balaban J connectivity index is 1.90. The zero-order valence-electron chi connectivity index (χ0n) is 14.4. The number of morpholine rings is 1. The second-order valence-electron chi connectivity index (χ2n) is 5.98. The van der Waals surface area contributed by atoms with Gasteiger partial charge in [-0.15, -0.1) is 0 Å². The van der Waals surface area contributed by atoms with Gasteiger partial charge in [0, 0.05) is 13.1 Å². The first-order valence-corrected chi connectivity index (χ1v) is 8.75. The number of benzene rings is 2. The first-order valence-electron chi connectivity index (χ1n) is 8.75. The third kappa shape index (κ3) is 4.50. The van der Waals surface area contributed by atoms with Crippen LogP contribution in [-0.2, 0) is 4.74 Å². The van der Waals surface area contributed by atoms with Gasteiger partial charge >= 0.3 is 0 Å². The van der Waals surface area contributed by atoms with Gasteiger partial charge in [0.25, 0.3) is 0 Å². The van der Waals surface area contributed by atoms with Crippen molar-refractivity contribution >= 4 is 0 Å². The molecule has 0 bridgehead atoms. The number of halogens is 1. The van der Waals surface area contributed by atoms with E-state index in [0.29, 0.717) is 25.5 Å². The van der Waals surface area contributed by atoms with E-state index in [1.54, 1.807) is 12.1 Å². The highest BCUT2D eigenvalue weighted by Crippen LogP contribution is 2.36. The van der Waals surface area contributed by atoms with Crippen LogP contribution in [0.15, 0.2) is 48.5 Å². The molecule has 2 aromatic rings. The number of rotatable bonds is 7. The summed E-state index contributed by atoms with van der Waals surface area (Å²) < 4.78 is 32.1. The van der Waals surface area contributed by atoms with Crippen LogP contribution in [0.25, 0.3) is 0 Å². The van der Waals surface area contributed by atoms with Crippen LogP contribution in [0.1, 0.15) is 25.0 Å².